The number of hydrogen-bond acceptors (Lipinski definition) is 2. The molecule has 1 atom stereocenters. The molecule has 0 aliphatic heterocycles. The van der Waals surface area contributed by atoms with E-state index >= 15 is 0 Å². The minimum absolute atomic E-state index is 0.244. The van der Waals surface area contributed by atoms with E-state index in [1.54, 1.807) is 6.20 Å². The molecule has 0 radical (unpaired) electrons. The van der Waals surface area contributed by atoms with E-state index in [9.17, 15) is 4.39 Å². The Labute approximate surface area is 123 Å². The second-order valence-electron chi connectivity index (χ2n) is 5.41. The van der Waals surface area contributed by atoms with Crippen molar-refractivity contribution in [2.24, 2.45) is 5.73 Å². The molecule has 2 N–H and O–H groups in total. The fraction of sp³-hybridized carbons (Fsp3) is 0.167. The van der Waals surface area contributed by atoms with Crippen molar-refractivity contribution in [3.05, 3.63) is 76.7 Å². The summed E-state index contributed by atoms with van der Waals surface area (Å²) in [5.74, 6) is -0.244. The molecule has 0 aliphatic carbocycles. The molecule has 1 heterocycles. The number of hydrogen-bond donors (Lipinski definition) is 1. The van der Waals surface area contributed by atoms with E-state index in [2.05, 4.69) is 4.98 Å². The Morgan fingerprint density at radius 3 is 2.67 bits per heavy atom. The fourth-order valence-corrected chi connectivity index (χ4v) is 2.77. The first kappa shape index (κ1) is 13.7. The summed E-state index contributed by atoms with van der Waals surface area (Å²) in [5, 5.41) is 1.01. The van der Waals surface area contributed by atoms with Gasteiger partial charge in [-0.05, 0) is 54.8 Å². The summed E-state index contributed by atoms with van der Waals surface area (Å²) < 4.78 is 14.3. The minimum atomic E-state index is -0.477. The Hall–Kier alpha value is -2.26. The van der Waals surface area contributed by atoms with Crippen molar-refractivity contribution in [2.75, 3.05) is 0 Å². The van der Waals surface area contributed by atoms with Crippen molar-refractivity contribution in [3.8, 4) is 0 Å². The number of aryl methyl sites for hydroxylation is 2. The van der Waals surface area contributed by atoms with Crippen LogP contribution in [0.15, 0.2) is 48.7 Å². The van der Waals surface area contributed by atoms with Crippen LogP contribution in [-0.4, -0.2) is 4.98 Å². The maximum atomic E-state index is 14.3. The zero-order chi connectivity index (χ0) is 15.0. The van der Waals surface area contributed by atoms with Crippen LogP contribution in [0, 0.1) is 19.7 Å². The molecule has 2 aromatic carbocycles. The van der Waals surface area contributed by atoms with Crippen molar-refractivity contribution in [1.29, 1.82) is 0 Å². The van der Waals surface area contributed by atoms with Crippen molar-refractivity contribution in [1.82, 2.24) is 4.98 Å². The lowest BCUT2D eigenvalue weighted by Crippen LogP contribution is -2.15. The summed E-state index contributed by atoms with van der Waals surface area (Å²) in [7, 11) is 0. The van der Waals surface area contributed by atoms with Gasteiger partial charge >= 0.3 is 0 Å². The normalized spacial score (nSPS) is 12.6. The van der Waals surface area contributed by atoms with Gasteiger partial charge in [-0.25, -0.2) is 4.39 Å². The standard InChI is InChI=1S/C18H17FN2/c1-11-8-12(2)17(15(19)9-11)18(20)14-5-6-16-13(10-14)4-3-7-21-16/h3-10,18H,20H2,1-2H3. The third-order valence-electron chi connectivity index (χ3n) is 3.78. The van der Waals surface area contributed by atoms with Crippen LogP contribution in [0.2, 0.25) is 0 Å². The molecule has 1 unspecified atom stereocenters. The number of pyridine rings is 1. The number of halogens is 1. The van der Waals surface area contributed by atoms with Gasteiger partial charge in [-0.1, -0.05) is 18.2 Å². The van der Waals surface area contributed by atoms with E-state index in [-0.39, 0.29) is 5.82 Å². The Kier molecular flexibility index (Phi) is 3.43. The molecule has 106 valence electrons. The van der Waals surface area contributed by atoms with Crippen molar-refractivity contribution >= 4 is 10.9 Å². The highest BCUT2D eigenvalue weighted by Gasteiger charge is 2.17. The van der Waals surface area contributed by atoms with Crippen LogP contribution >= 0.6 is 0 Å². The van der Waals surface area contributed by atoms with Crippen molar-refractivity contribution in [3.63, 3.8) is 0 Å². The number of nitrogens with two attached hydrogens (primary N) is 1. The quantitative estimate of drug-likeness (QED) is 0.769. The maximum Gasteiger partial charge on any atom is 0.128 e. The smallest absolute Gasteiger partial charge is 0.128 e. The second-order valence-corrected chi connectivity index (χ2v) is 5.41. The van der Waals surface area contributed by atoms with Gasteiger partial charge in [0.1, 0.15) is 5.82 Å². The van der Waals surface area contributed by atoms with Crippen molar-refractivity contribution < 1.29 is 4.39 Å². The largest absolute Gasteiger partial charge is 0.320 e. The lowest BCUT2D eigenvalue weighted by Gasteiger charge is -2.17. The summed E-state index contributed by atoms with van der Waals surface area (Å²) in [5.41, 5.74) is 10.4. The number of fused-ring (bicyclic) bond motifs is 1. The Balaban J connectivity index is 2.10. The fourth-order valence-electron chi connectivity index (χ4n) is 2.77. The third-order valence-corrected chi connectivity index (χ3v) is 3.78. The topological polar surface area (TPSA) is 38.9 Å². The third kappa shape index (κ3) is 2.52. The summed E-state index contributed by atoms with van der Waals surface area (Å²) in [6, 6.07) is 12.7. The molecular formula is C18H17FN2. The van der Waals surface area contributed by atoms with E-state index < -0.39 is 6.04 Å². The van der Waals surface area contributed by atoms with Gasteiger partial charge in [0.15, 0.2) is 0 Å². The first-order valence-electron chi connectivity index (χ1n) is 6.93. The molecule has 21 heavy (non-hydrogen) atoms. The summed E-state index contributed by atoms with van der Waals surface area (Å²) >= 11 is 0. The Bertz CT molecular complexity index is 788. The monoisotopic (exact) mass is 280 g/mol. The Morgan fingerprint density at radius 2 is 1.90 bits per heavy atom. The van der Waals surface area contributed by atoms with Crippen LogP contribution in [0.1, 0.15) is 28.3 Å². The zero-order valence-corrected chi connectivity index (χ0v) is 12.1. The van der Waals surface area contributed by atoms with Gasteiger partial charge in [0.2, 0.25) is 0 Å². The van der Waals surface area contributed by atoms with Crippen molar-refractivity contribution in [2.45, 2.75) is 19.9 Å². The molecule has 0 bridgehead atoms. The van der Waals surface area contributed by atoms with Gasteiger partial charge in [0.25, 0.3) is 0 Å². The number of rotatable bonds is 2. The van der Waals surface area contributed by atoms with Crippen LogP contribution in [0.3, 0.4) is 0 Å². The first-order chi connectivity index (χ1) is 10.1. The van der Waals surface area contributed by atoms with Crippen LogP contribution in [0.5, 0.6) is 0 Å². The molecule has 0 amide bonds. The Morgan fingerprint density at radius 1 is 1.10 bits per heavy atom. The minimum Gasteiger partial charge on any atom is -0.320 e. The molecule has 1 aromatic heterocycles. The first-order valence-corrected chi connectivity index (χ1v) is 6.93. The number of benzene rings is 2. The predicted octanol–water partition coefficient (Wildman–Crippen LogP) is 4.04. The molecule has 3 heteroatoms. The summed E-state index contributed by atoms with van der Waals surface area (Å²) in [4.78, 5) is 4.29. The highest BCUT2D eigenvalue weighted by molar-refractivity contribution is 5.79. The molecule has 0 fully saturated rings. The molecule has 3 rings (SSSR count). The predicted molar refractivity (Wildman–Crippen MR) is 83.6 cm³/mol. The highest BCUT2D eigenvalue weighted by Crippen LogP contribution is 2.28. The second kappa shape index (κ2) is 5.26. The van der Waals surface area contributed by atoms with Crippen LogP contribution < -0.4 is 5.73 Å². The SMILES string of the molecule is Cc1cc(C)c(C(N)c2ccc3ncccc3c2)c(F)c1. The summed E-state index contributed by atoms with van der Waals surface area (Å²) in [6.45, 7) is 3.78. The molecule has 0 saturated carbocycles. The average Bonchev–Trinajstić information content (AvgIpc) is 2.45. The van der Waals surface area contributed by atoms with Crippen LogP contribution in [-0.2, 0) is 0 Å². The lowest BCUT2D eigenvalue weighted by molar-refractivity contribution is 0.596. The molecule has 0 spiro atoms. The van der Waals surface area contributed by atoms with E-state index in [0.29, 0.717) is 5.56 Å². The van der Waals surface area contributed by atoms with Crippen LogP contribution in [0.4, 0.5) is 4.39 Å². The van der Waals surface area contributed by atoms with Gasteiger partial charge in [0.05, 0.1) is 11.6 Å². The van der Waals surface area contributed by atoms with Gasteiger partial charge in [-0.3, -0.25) is 4.98 Å². The highest BCUT2D eigenvalue weighted by atomic mass is 19.1. The van der Waals surface area contributed by atoms with Gasteiger partial charge in [-0.2, -0.15) is 0 Å². The van der Waals surface area contributed by atoms with E-state index in [1.807, 2.05) is 50.2 Å². The van der Waals surface area contributed by atoms with Crippen LogP contribution in [0.25, 0.3) is 10.9 Å². The summed E-state index contributed by atoms with van der Waals surface area (Å²) in [6.07, 6.45) is 1.76. The zero-order valence-electron chi connectivity index (χ0n) is 12.1. The molecule has 0 aliphatic rings. The van der Waals surface area contributed by atoms with Gasteiger partial charge in [0, 0.05) is 17.1 Å². The average molecular weight is 280 g/mol. The lowest BCUT2D eigenvalue weighted by atomic mass is 9.93. The maximum absolute atomic E-state index is 14.3. The van der Waals surface area contributed by atoms with E-state index in [0.717, 1.165) is 27.6 Å². The van der Waals surface area contributed by atoms with Gasteiger partial charge in [-0.15, -0.1) is 0 Å². The van der Waals surface area contributed by atoms with Gasteiger partial charge < -0.3 is 5.73 Å². The van der Waals surface area contributed by atoms with E-state index in [4.69, 9.17) is 5.73 Å². The molecule has 3 aromatic rings. The molecular weight excluding hydrogens is 263 g/mol. The number of nitrogens with zero attached hydrogens (tertiary/aromatic N) is 1. The van der Waals surface area contributed by atoms with E-state index in [1.165, 1.54) is 6.07 Å². The molecule has 0 saturated heterocycles. The molecule has 2 nitrogen and oxygen atoms in total. The number of aromatic nitrogens is 1.